The molecule has 116 valence electrons. The molecule has 0 aliphatic heterocycles. The van der Waals surface area contributed by atoms with E-state index in [9.17, 15) is 4.79 Å². The lowest BCUT2D eigenvalue weighted by Crippen LogP contribution is -2.12. The molecule has 0 saturated carbocycles. The first-order valence-corrected chi connectivity index (χ1v) is 8.00. The van der Waals surface area contributed by atoms with Crippen LogP contribution in [0.5, 0.6) is 0 Å². The van der Waals surface area contributed by atoms with Gasteiger partial charge in [-0.25, -0.2) is 4.98 Å². The van der Waals surface area contributed by atoms with Gasteiger partial charge in [-0.15, -0.1) is 11.3 Å². The molecule has 0 aliphatic carbocycles. The summed E-state index contributed by atoms with van der Waals surface area (Å²) >= 11 is 1.38. The number of pyridine rings is 1. The van der Waals surface area contributed by atoms with Crippen LogP contribution < -0.4 is 10.6 Å². The van der Waals surface area contributed by atoms with E-state index >= 15 is 0 Å². The van der Waals surface area contributed by atoms with E-state index in [2.05, 4.69) is 26.7 Å². The molecule has 0 spiro atoms. The molecule has 23 heavy (non-hydrogen) atoms. The highest BCUT2D eigenvalue weighted by Gasteiger charge is 2.11. The van der Waals surface area contributed by atoms with Crippen molar-refractivity contribution in [1.29, 1.82) is 0 Å². The predicted molar refractivity (Wildman–Crippen MR) is 93.5 cm³/mol. The highest BCUT2D eigenvalue weighted by Crippen LogP contribution is 2.21. The number of thiazole rings is 1. The Morgan fingerprint density at radius 2 is 1.91 bits per heavy atom. The molecule has 0 fully saturated rings. The fourth-order valence-corrected chi connectivity index (χ4v) is 2.95. The molecule has 0 saturated heterocycles. The Morgan fingerprint density at radius 1 is 1.13 bits per heavy atom. The number of carbonyl (C=O) groups excluding carboxylic acids is 1. The second-order valence-corrected chi connectivity index (χ2v) is 6.09. The average molecular weight is 324 g/mol. The third kappa shape index (κ3) is 3.92. The van der Waals surface area contributed by atoms with Crippen LogP contribution in [0.3, 0.4) is 0 Å². The van der Waals surface area contributed by atoms with Crippen molar-refractivity contribution in [2.75, 3.05) is 10.6 Å². The van der Waals surface area contributed by atoms with Gasteiger partial charge in [-0.1, -0.05) is 6.07 Å². The van der Waals surface area contributed by atoms with Crippen LogP contribution in [0.4, 0.5) is 16.5 Å². The Balaban J connectivity index is 1.71. The van der Waals surface area contributed by atoms with Gasteiger partial charge >= 0.3 is 0 Å². The number of rotatable bonds is 4. The molecule has 3 rings (SSSR count). The number of amides is 1. The normalized spacial score (nSPS) is 10.3. The number of nitrogens with zero attached hydrogens (tertiary/aromatic N) is 2. The second kappa shape index (κ2) is 6.58. The number of aryl methyl sites for hydroxylation is 2. The summed E-state index contributed by atoms with van der Waals surface area (Å²) < 4.78 is 0. The fourth-order valence-electron chi connectivity index (χ4n) is 2.24. The van der Waals surface area contributed by atoms with Gasteiger partial charge in [0.05, 0.1) is 11.9 Å². The maximum Gasteiger partial charge on any atom is 0.275 e. The number of carbonyl (C=O) groups is 1. The number of aromatic nitrogens is 2. The molecule has 2 heterocycles. The zero-order valence-corrected chi connectivity index (χ0v) is 13.6. The van der Waals surface area contributed by atoms with Crippen LogP contribution >= 0.6 is 11.3 Å². The summed E-state index contributed by atoms with van der Waals surface area (Å²) in [5.41, 5.74) is 4.22. The standard InChI is InChI=1S/C17H16N4OS/c1-11-6-12(2)8-14(7-11)19-16(22)15-10-23-17(21-15)20-13-4-3-5-18-9-13/h3-10H,1-2H3,(H,19,22)(H,20,21). The monoisotopic (exact) mass is 324 g/mol. The minimum absolute atomic E-state index is 0.217. The van der Waals surface area contributed by atoms with Crippen LogP contribution in [0.1, 0.15) is 21.6 Å². The van der Waals surface area contributed by atoms with Crippen LogP contribution in [0.15, 0.2) is 48.1 Å². The Bertz CT molecular complexity index is 809. The molecule has 1 aromatic carbocycles. The van der Waals surface area contributed by atoms with Crippen LogP contribution in [0.25, 0.3) is 0 Å². The third-order valence-electron chi connectivity index (χ3n) is 3.13. The molecule has 0 aliphatic rings. The summed E-state index contributed by atoms with van der Waals surface area (Å²) in [5, 5.41) is 8.40. The third-order valence-corrected chi connectivity index (χ3v) is 3.89. The van der Waals surface area contributed by atoms with Gasteiger partial charge < -0.3 is 10.6 Å². The van der Waals surface area contributed by atoms with Crippen molar-refractivity contribution in [3.63, 3.8) is 0 Å². The molecular weight excluding hydrogens is 308 g/mol. The van der Waals surface area contributed by atoms with Crippen LogP contribution in [-0.4, -0.2) is 15.9 Å². The Hall–Kier alpha value is -2.73. The van der Waals surface area contributed by atoms with Crippen LogP contribution in [0, 0.1) is 13.8 Å². The molecular formula is C17H16N4OS. The van der Waals surface area contributed by atoms with Crippen molar-refractivity contribution in [3.05, 3.63) is 64.9 Å². The van der Waals surface area contributed by atoms with E-state index in [4.69, 9.17) is 0 Å². The average Bonchev–Trinajstić information content (AvgIpc) is 2.96. The quantitative estimate of drug-likeness (QED) is 0.756. The lowest BCUT2D eigenvalue weighted by Gasteiger charge is -2.06. The number of hydrogen-bond donors (Lipinski definition) is 2. The van der Waals surface area contributed by atoms with Crippen molar-refractivity contribution in [2.24, 2.45) is 0 Å². The lowest BCUT2D eigenvalue weighted by atomic mass is 10.1. The molecule has 2 N–H and O–H groups in total. The smallest absolute Gasteiger partial charge is 0.275 e. The van der Waals surface area contributed by atoms with Crippen molar-refractivity contribution >= 4 is 33.8 Å². The molecule has 0 radical (unpaired) electrons. The molecule has 0 bridgehead atoms. The summed E-state index contributed by atoms with van der Waals surface area (Å²) in [5.74, 6) is -0.217. The SMILES string of the molecule is Cc1cc(C)cc(NC(=O)c2csc(Nc3cccnc3)n2)c1. The van der Waals surface area contributed by atoms with E-state index in [1.54, 1.807) is 17.8 Å². The highest BCUT2D eigenvalue weighted by atomic mass is 32.1. The van der Waals surface area contributed by atoms with Gasteiger partial charge in [-0.05, 0) is 49.2 Å². The highest BCUT2D eigenvalue weighted by molar-refractivity contribution is 7.14. The number of benzene rings is 1. The predicted octanol–water partition coefficient (Wildman–Crippen LogP) is 4.15. The first-order valence-electron chi connectivity index (χ1n) is 7.12. The van der Waals surface area contributed by atoms with Crippen molar-refractivity contribution < 1.29 is 4.79 Å². The van der Waals surface area contributed by atoms with Crippen LogP contribution in [-0.2, 0) is 0 Å². The van der Waals surface area contributed by atoms with E-state index in [-0.39, 0.29) is 5.91 Å². The van der Waals surface area contributed by atoms with Gasteiger partial charge in [0.25, 0.3) is 5.91 Å². The minimum atomic E-state index is -0.217. The number of hydrogen-bond acceptors (Lipinski definition) is 5. The second-order valence-electron chi connectivity index (χ2n) is 5.24. The van der Waals surface area contributed by atoms with Gasteiger partial charge in [0.2, 0.25) is 0 Å². The molecule has 0 atom stereocenters. The Kier molecular flexibility index (Phi) is 4.34. The summed E-state index contributed by atoms with van der Waals surface area (Å²) in [7, 11) is 0. The van der Waals surface area contributed by atoms with E-state index in [1.807, 2.05) is 38.1 Å². The van der Waals surface area contributed by atoms with Gasteiger partial charge in [-0.3, -0.25) is 9.78 Å². The molecule has 6 heteroatoms. The topological polar surface area (TPSA) is 66.9 Å². The number of anilines is 3. The van der Waals surface area contributed by atoms with Gasteiger partial charge in [0.1, 0.15) is 5.69 Å². The zero-order chi connectivity index (χ0) is 16.2. The molecule has 1 amide bonds. The number of nitrogens with one attached hydrogen (secondary N) is 2. The Labute approximate surface area is 138 Å². The first-order chi connectivity index (χ1) is 11.1. The van der Waals surface area contributed by atoms with Crippen LogP contribution in [0.2, 0.25) is 0 Å². The summed E-state index contributed by atoms with van der Waals surface area (Å²) in [6.07, 6.45) is 3.41. The molecule has 2 aromatic heterocycles. The van der Waals surface area contributed by atoms with E-state index in [1.165, 1.54) is 11.3 Å². The van der Waals surface area contributed by atoms with Gasteiger partial charge in [-0.2, -0.15) is 0 Å². The van der Waals surface area contributed by atoms with E-state index in [0.29, 0.717) is 10.8 Å². The first kappa shape index (κ1) is 15.2. The molecule has 0 unspecified atom stereocenters. The van der Waals surface area contributed by atoms with E-state index < -0.39 is 0 Å². The summed E-state index contributed by atoms with van der Waals surface area (Å²) in [6.45, 7) is 4.00. The Morgan fingerprint density at radius 3 is 2.61 bits per heavy atom. The maximum absolute atomic E-state index is 12.3. The van der Waals surface area contributed by atoms with Crippen molar-refractivity contribution in [1.82, 2.24) is 9.97 Å². The molecule has 3 aromatic rings. The van der Waals surface area contributed by atoms with Crippen molar-refractivity contribution in [3.8, 4) is 0 Å². The fraction of sp³-hybridized carbons (Fsp3) is 0.118. The van der Waals surface area contributed by atoms with E-state index in [0.717, 1.165) is 22.5 Å². The van der Waals surface area contributed by atoms with Gasteiger partial charge in [0.15, 0.2) is 5.13 Å². The lowest BCUT2D eigenvalue weighted by molar-refractivity contribution is 0.102. The minimum Gasteiger partial charge on any atom is -0.330 e. The van der Waals surface area contributed by atoms with Crippen molar-refractivity contribution in [2.45, 2.75) is 13.8 Å². The molecule has 5 nitrogen and oxygen atoms in total. The maximum atomic E-state index is 12.3. The van der Waals surface area contributed by atoms with Gasteiger partial charge in [0, 0.05) is 17.3 Å². The zero-order valence-electron chi connectivity index (χ0n) is 12.8. The summed E-state index contributed by atoms with van der Waals surface area (Å²) in [6, 6.07) is 9.67. The summed E-state index contributed by atoms with van der Waals surface area (Å²) in [4.78, 5) is 20.6. The largest absolute Gasteiger partial charge is 0.330 e.